The number of carbonyl (C=O) groups excluding carboxylic acids is 4. The molecule has 0 atom stereocenters. The number of para-hydroxylation sites is 2. The highest BCUT2D eigenvalue weighted by Crippen LogP contribution is 2.19. The van der Waals surface area contributed by atoms with Gasteiger partial charge in [0.25, 0.3) is 11.7 Å². The minimum absolute atomic E-state index is 0.122. The van der Waals surface area contributed by atoms with Gasteiger partial charge in [-0.3, -0.25) is 9.59 Å². The molecule has 2 aromatic carbocycles. The van der Waals surface area contributed by atoms with Crippen LogP contribution in [0, 0.1) is 13.8 Å². The molecule has 0 aliphatic carbocycles. The van der Waals surface area contributed by atoms with Crippen molar-refractivity contribution in [2.24, 2.45) is 0 Å². The van der Waals surface area contributed by atoms with E-state index >= 15 is 0 Å². The Balaban J connectivity index is 1.66. The summed E-state index contributed by atoms with van der Waals surface area (Å²) in [5.74, 6) is -3.38. The fraction of sp³-hybridized carbons (Fsp3) is 0.208. The van der Waals surface area contributed by atoms with Gasteiger partial charge in [-0.2, -0.15) is 5.10 Å². The number of benzene rings is 2. The molecule has 1 amide bonds. The van der Waals surface area contributed by atoms with Gasteiger partial charge in [0.2, 0.25) is 0 Å². The van der Waals surface area contributed by atoms with E-state index in [1.807, 2.05) is 30.3 Å². The summed E-state index contributed by atoms with van der Waals surface area (Å²) in [6.07, 6.45) is 0. The van der Waals surface area contributed by atoms with Gasteiger partial charge in [0.1, 0.15) is 0 Å². The number of anilines is 1. The van der Waals surface area contributed by atoms with Crippen LogP contribution in [0.3, 0.4) is 0 Å². The number of rotatable bonds is 8. The quantitative estimate of drug-likeness (QED) is 0.319. The molecule has 1 aromatic heterocycles. The Bertz CT molecular complexity index is 1200. The number of ketones is 1. The number of aromatic nitrogens is 2. The highest BCUT2D eigenvalue weighted by molar-refractivity contribution is 6.41. The van der Waals surface area contributed by atoms with E-state index in [1.54, 1.807) is 37.6 Å². The van der Waals surface area contributed by atoms with Gasteiger partial charge in [-0.25, -0.2) is 14.3 Å². The monoisotopic (exact) mass is 449 g/mol. The van der Waals surface area contributed by atoms with Gasteiger partial charge in [-0.05, 0) is 45.0 Å². The Kier molecular flexibility index (Phi) is 7.34. The van der Waals surface area contributed by atoms with Gasteiger partial charge < -0.3 is 14.8 Å². The normalized spacial score (nSPS) is 10.4. The third-order valence-electron chi connectivity index (χ3n) is 4.74. The summed E-state index contributed by atoms with van der Waals surface area (Å²) in [4.78, 5) is 49.3. The standard InChI is InChI=1S/C24H23N3O6/c1-4-32-23(30)18-12-8-9-13-19(18)25-20(28)14-33-24(31)22(29)21-15(2)26-27(16(21)3)17-10-6-5-7-11-17/h5-13H,4,14H2,1-3H3,(H,25,28). The lowest BCUT2D eigenvalue weighted by Gasteiger charge is -2.10. The van der Waals surface area contributed by atoms with E-state index < -0.39 is 30.2 Å². The summed E-state index contributed by atoms with van der Waals surface area (Å²) < 4.78 is 11.4. The second kappa shape index (κ2) is 10.4. The maximum Gasteiger partial charge on any atom is 0.380 e. The van der Waals surface area contributed by atoms with E-state index in [2.05, 4.69) is 10.4 Å². The number of aryl methyl sites for hydroxylation is 1. The highest BCUT2D eigenvalue weighted by atomic mass is 16.5. The summed E-state index contributed by atoms with van der Waals surface area (Å²) in [5.41, 5.74) is 2.08. The van der Waals surface area contributed by atoms with Crippen molar-refractivity contribution in [3.63, 3.8) is 0 Å². The molecule has 9 nitrogen and oxygen atoms in total. The molecule has 1 N–H and O–H groups in total. The van der Waals surface area contributed by atoms with Crippen LogP contribution in [0.15, 0.2) is 54.6 Å². The van der Waals surface area contributed by atoms with Crippen LogP contribution in [-0.4, -0.2) is 46.6 Å². The molecular formula is C24H23N3O6. The Hall–Kier alpha value is -4.27. The summed E-state index contributed by atoms with van der Waals surface area (Å²) in [7, 11) is 0. The van der Waals surface area contributed by atoms with Crippen LogP contribution in [0.25, 0.3) is 5.69 Å². The van der Waals surface area contributed by atoms with E-state index in [1.165, 1.54) is 12.1 Å². The zero-order chi connectivity index (χ0) is 24.0. The average Bonchev–Trinajstić information content (AvgIpc) is 3.11. The summed E-state index contributed by atoms with van der Waals surface area (Å²) in [5, 5.41) is 6.83. The third kappa shape index (κ3) is 5.32. The minimum Gasteiger partial charge on any atom is -0.462 e. The maximum absolute atomic E-state index is 12.7. The smallest absolute Gasteiger partial charge is 0.380 e. The van der Waals surface area contributed by atoms with Crippen LogP contribution in [0.2, 0.25) is 0 Å². The zero-order valence-electron chi connectivity index (χ0n) is 18.5. The fourth-order valence-corrected chi connectivity index (χ4v) is 3.26. The van der Waals surface area contributed by atoms with Gasteiger partial charge in [-0.1, -0.05) is 30.3 Å². The van der Waals surface area contributed by atoms with Crippen LogP contribution in [0.5, 0.6) is 0 Å². The SMILES string of the molecule is CCOC(=O)c1ccccc1NC(=O)COC(=O)C(=O)c1c(C)nn(-c2ccccc2)c1C. The van der Waals surface area contributed by atoms with Gasteiger partial charge in [0, 0.05) is 0 Å². The van der Waals surface area contributed by atoms with Crippen LogP contribution < -0.4 is 5.32 Å². The Morgan fingerprint density at radius 2 is 1.61 bits per heavy atom. The molecule has 3 aromatic rings. The van der Waals surface area contributed by atoms with Gasteiger partial charge in [0.05, 0.1) is 40.5 Å². The first-order valence-corrected chi connectivity index (χ1v) is 10.2. The number of nitrogens with zero attached hydrogens (tertiary/aromatic N) is 2. The summed E-state index contributed by atoms with van der Waals surface area (Å²) in [6, 6.07) is 15.4. The fourth-order valence-electron chi connectivity index (χ4n) is 3.26. The molecule has 1 heterocycles. The van der Waals surface area contributed by atoms with Crippen molar-refractivity contribution in [2.75, 3.05) is 18.5 Å². The van der Waals surface area contributed by atoms with Crippen molar-refractivity contribution in [2.45, 2.75) is 20.8 Å². The first-order valence-electron chi connectivity index (χ1n) is 10.2. The lowest BCUT2D eigenvalue weighted by Crippen LogP contribution is -2.26. The number of nitrogens with one attached hydrogen (secondary N) is 1. The molecular weight excluding hydrogens is 426 g/mol. The van der Waals surface area contributed by atoms with Crippen molar-refractivity contribution in [3.05, 3.63) is 77.1 Å². The molecule has 0 fully saturated rings. The number of ether oxygens (including phenoxy) is 2. The Morgan fingerprint density at radius 3 is 2.30 bits per heavy atom. The molecule has 0 unspecified atom stereocenters. The molecule has 33 heavy (non-hydrogen) atoms. The molecule has 0 saturated heterocycles. The van der Waals surface area contributed by atoms with E-state index in [9.17, 15) is 19.2 Å². The molecule has 0 aliphatic heterocycles. The van der Waals surface area contributed by atoms with E-state index in [0.29, 0.717) is 11.4 Å². The Labute approximate surface area is 190 Å². The summed E-state index contributed by atoms with van der Waals surface area (Å²) >= 11 is 0. The molecule has 0 bridgehead atoms. The number of Topliss-reactive ketones (excluding diaryl/α,β-unsaturated/α-hetero) is 1. The number of hydrogen-bond acceptors (Lipinski definition) is 7. The van der Waals surface area contributed by atoms with E-state index in [-0.39, 0.29) is 23.4 Å². The predicted octanol–water partition coefficient (Wildman–Crippen LogP) is 3.03. The number of amides is 1. The van der Waals surface area contributed by atoms with Crippen LogP contribution in [0.4, 0.5) is 5.69 Å². The van der Waals surface area contributed by atoms with Gasteiger partial charge in [0.15, 0.2) is 6.61 Å². The lowest BCUT2D eigenvalue weighted by atomic mass is 10.1. The van der Waals surface area contributed by atoms with Crippen LogP contribution >= 0.6 is 0 Å². The maximum atomic E-state index is 12.7. The van der Waals surface area contributed by atoms with Crippen molar-refractivity contribution in [3.8, 4) is 5.69 Å². The van der Waals surface area contributed by atoms with Crippen molar-refractivity contribution in [1.29, 1.82) is 0 Å². The molecule has 0 aliphatic rings. The number of hydrogen-bond donors (Lipinski definition) is 1. The van der Waals surface area contributed by atoms with Crippen LogP contribution in [-0.2, 0) is 19.1 Å². The Morgan fingerprint density at radius 1 is 0.939 bits per heavy atom. The molecule has 0 saturated carbocycles. The second-order valence-corrected chi connectivity index (χ2v) is 7.01. The number of carbonyl (C=O) groups is 4. The van der Waals surface area contributed by atoms with Crippen molar-refractivity contribution >= 4 is 29.3 Å². The third-order valence-corrected chi connectivity index (χ3v) is 4.74. The van der Waals surface area contributed by atoms with Crippen molar-refractivity contribution in [1.82, 2.24) is 9.78 Å². The predicted molar refractivity (Wildman–Crippen MR) is 119 cm³/mol. The van der Waals surface area contributed by atoms with Gasteiger partial charge >= 0.3 is 11.9 Å². The molecule has 9 heteroatoms. The highest BCUT2D eigenvalue weighted by Gasteiger charge is 2.27. The first-order chi connectivity index (χ1) is 15.8. The van der Waals surface area contributed by atoms with Gasteiger partial charge in [-0.15, -0.1) is 0 Å². The van der Waals surface area contributed by atoms with E-state index in [0.717, 1.165) is 5.69 Å². The second-order valence-electron chi connectivity index (χ2n) is 7.01. The topological polar surface area (TPSA) is 117 Å². The lowest BCUT2D eigenvalue weighted by molar-refractivity contribution is -0.142. The van der Waals surface area contributed by atoms with Crippen LogP contribution in [0.1, 0.15) is 39.0 Å². The molecule has 0 radical (unpaired) electrons. The summed E-state index contributed by atoms with van der Waals surface area (Å²) in [6.45, 7) is 4.44. The first kappa shape index (κ1) is 23.4. The number of esters is 2. The minimum atomic E-state index is -1.18. The van der Waals surface area contributed by atoms with E-state index in [4.69, 9.17) is 9.47 Å². The zero-order valence-corrected chi connectivity index (χ0v) is 18.5. The van der Waals surface area contributed by atoms with Crippen molar-refractivity contribution < 1.29 is 28.7 Å². The average molecular weight is 449 g/mol. The molecule has 3 rings (SSSR count). The molecule has 170 valence electrons. The molecule has 0 spiro atoms. The largest absolute Gasteiger partial charge is 0.462 e.